The maximum Gasteiger partial charge on any atom is 0.319 e. The fourth-order valence-electron chi connectivity index (χ4n) is 2.10. The molecule has 1 aromatic carbocycles. The average molecular weight is 467 g/mol. The zero-order valence-electron chi connectivity index (χ0n) is 13.0. The lowest BCUT2D eigenvalue weighted by Crippen LogP contribution is -2.32. The fraction of sp³-hybridized carbons (Fsp3) is 0.133. The van der Waals surface area contributed by atoms with E-state index in [0.29, 0.717) is 17.5 Å². The summed E-state index contributed by atoms with van der Waals surface area (Å²) in [5.41, 5.74) is 0.660. The number of rotatable bonds is 4. The first-order valence-electron chi connectivity index (χ1n) is 7.24. The highest BCUT2D eigenvalue weighted by Crippen LogP contribution is 2.26. The van der Waals surface area contributed by atoms with Gasteiger partial charge in [0.1, 0.15) is 6.33 Å². The van der Waals surface area contributed by atoms with Gasteiger partial charge >= 0.3 is 6.03 Å². The second kappa shape index (κ2) is 7.70. The highest BCUT2D eigenvalue weighted by molar-refractivity contribution is 9.13. The number of hydrogen-bond acceptors (Lipinski definition) is 5. The first kappa shape index (κ1) is 17.5. The van der Waals surface area contributed by atoms with E-state index < -0.39 is 6.04 Å². The summed E-state index contributed by atoms with van der Waals surface area (Å²) in [6.45, 7) is 1.81. The first-order valence-corrected chi connectivity index (χ1v) is 8.83. The number of anilines is 1. The molecule has 128 valence electrons. The van der Waals surface area contributed by atoms with E-state index in [4.69, 9.17) is 0 Å². The van der Waals surface area contributed by atoms with E-state index in [1.54, 1.807) is 37.5 Å². The minimum atomic E-state index is -0.398. The summed E-state index contributed by atoms with van der Waals surface area (Å²) in [7, 11) is 0. The van der Waals surface area contributed by atoms with Crippen molar-refractivity contribution < 1.29 is 4.79 Å². The zero-order chi connectivity index (χ0) is 17.8. The molecule has 2 aromatic heterocycles. The number of amides is 2. The van der Waals surface area contributed by atoms with Crippen molar-refractivity contribution >= 4 is 43.6 Å². The number of benzene rings is 1. The number of nitrogens with one attached hydrogen (secondary N) is 2. The molecule has 3 aromatic rings. The van der Waals surface area contributed by atoms with Crippen molar-refractivity contribution in [3.05, 3.63) is 57.8 Å². The molecule has 2 heterocycles. The third kappa shape index (κ3) is 4.20. The predicted octanol–water partition coefficient (Wildman–Crippen LogP) is 3.47. The molecule has 10 heteroatoms. The van der Waals surface area contributed by atoms with Crippen molar-refractivity contribution in [2.45, 2.75) is 13.0 Å². The second-order valence-corrected chi connectivity index (χ2v) is 6.74. The van der Waals surface area contributed by atoms with Crippen molar-refractivity contribution in [3.63, 3.8) is 0 Å². The SMILES string of the molecule is C[C@H](NC(=O)Nc1ccc(Br)c(Br)c1)c1ncnn1-c1ncccn1. The number of nitrogens with zero attached hydrogens (tertiary/aromatic N) is 5. The molecule has 0 saturated heterocycles. The lowest BCUT2D eigenvalue weighted by Gasteiger charge is -2.14. The Bertz CT molecular complexity index is 885. The van der Waals surface area contributed by atoms with Crippen molar-refractivity contribution in [2.75, 3.05) is 5.32 Å². The van der Waals surface area contributed by atoms with Crippen LogP contribution in [0.3, 0.4) is 0 Å². The quantitative estimate of drug-likeness (QED) is 0.613. The number of carbonyl (C=O) groups excluding carboxylic acids is 1. The Kier molecular flexibility index (Phi) is 5.39. The van der Waals surface area contributed by atoms with Gasteiger partial charge in [-0.15, -0.1) is 0 Å². The van der Waals surface area contributed by atoms with Crippen LogP contribution in [0.5, 0.6) is 0 Å². The molecule has 0 spiro atoms. The highest BCUT2D eigenvalue weighted by atomic mass is 79.9. The Labute approximate surface area is 160 Å². The fourth-order valence-corrected chi connectivity index (χ4v) is 2.73. The molecule has 0 fully saturated rings. The summed E-state index contributed by atoms with van der Waals surface area (Å²) < 4.78 is 3.24. The van der Waals surface area contributed by atoms with Crippen LogP contribution in [0.25, 0.3) is 5.95 Å². The van der Waals surface area contributed by atoms with Crippen LogP contribution in [0.4, 0.5) is 10.5 Å². The van der Waals surface area contributed by atoms with E-state index in [1.165, 1.54) is 11.0 Å². The van der Waals surface area contributed by atoms with Gasteiger partial charge in [-0.3, -0.25) is 0 Å². The molecule has 0 bridgehead atoms. The molecule has 25 heavy (non-hydrogen) atoms. The van der Waals surface area contributed by atoms with E-state index in [2.05, 4.69) is 62.5 Å². The second-order valence-electron chi connectivity index (χ2n) is 5.03. The number of hydrogen-bond donors (Lipinski definition) is 2. The normalized spacial score (nSPS) is 11.8. The molecule has 0 radical (unpaired) electrons. The van der Waals surface area contributed by atoms with Crippen LogP contribution in [0.2, 0.25) is 0 Å². The largest absolute Gasteiger partial charge is 0.328 e. The van der Waals surface area contributed by atoms with Gasteiger partial charge in [0.05, 0.1) is 6.04 Å². The van der Waals surface area contributed by atoms with E-state index in [0.717, 1.165) is 8.95 Å². The molecule has 0 unspecified atom stereocenters. The highest BCUT2D eigenvalue weighted by Gasteiger charge is 2.18. The Morgan fingerprint density at radius 3 is 2.64 bits per heavy atom. The van der Waals surface area contributed by atoms with E-state index in [1.807, 2.05) is 6.07 Å². The zero-order valence-corrected chi connectivity index (χ0v) is 16.2. The lowest BCUT2D eigenvalue weighted by atomic mass is 10.3. The Hall–Kier alpha value is -2.33. The van der Waals surface area contributed by atoms with Crippen LogP contribution in [0.15, 0.2) is 51.9 Å². The Morgan fingerprint density at radius 1 is 1.16 bits per heavy atom. The Balaban J connectivity index is 1.70. The lowest BCUT2D eigenvalue weighted by molar-refractivity contribution is 0.248. The number of carbonyl (C=O) groups is 1. The van der Waals surface area contributed by atoms with Gasteiger partial charge < -0.3 is 10.6 Å². The topological polar surface area (TPSA) is 97.6 Å². The number of aromatic nitrogens is 5. The third-order valence-corrected chi connectivity index (χ3v) is 5.11. The van der Waals surface area contributed by atoms with Crippen molar-refractivity contribution in [3.8, 4) is 5.95 Å². The van der Waals surface area contributed by atoms with Crippen LogP contribution in [-0.2, 0) is 0 Å². The van der Waals surface area contributed by atoms with Gasteiger partial charge in [-0.25, -0.2) is 19.7 Å². The molecule has 8 nitrogen and oxygen atoms in total. The summed E-state index contributed by atoms with van der Waals surface area (Å²) in [6.07, 6.45) is 4.63. The van der Waals surface area contributed by atoms with Gasteiger partial charge in [0, 0.05) is 27.0 Å². The molecular weight excluding hydrogens is 454 g/mol. The van der Waals surface area contributed by atoms with Crippen LogP contribution >= 0.6 is 31.9 Å². The minimum absolute atomic E-state index is 0.356. The summed E-state index contributed by atoms with van der Waals surface area (Å²) in [5, 5.41) is 9.71. The summed E-state index contributed by atoms with van der Waals surface area (Å²) in [4.78, 5) is 24.7. The van der Waals surface area contributed by atoms with Gasteiger partial charge in [0.15, 0.2) is 5.82 Å². The van der Waals surface area contributed by atoms with Gasteiger partial charge in [0.2, 0.25) is 0 Å². The predicted molar refractivity (Wildman–Crippen MR) is 99.4 cm³/mol. The van der Waals surface area contributed by atoms with Crippen LogP contribution in [0, 0.1) is 0 Å². The molecule has 0 aliphatic rings. The third-order valence-electron chi connectivity index (χ3n) is 3.23. The Morgan fingerprint density at radius 2 is 1.92 bits per heavy atom. The van der Waals surface area contributed by atoms with Crippen LogP contribution < -0.4 is 10.6 Å². The number of halogens is 2. The smallest absolute Gasteiger partial charge is 0.319 e. The molecular formula is C15H13Br2N7O. The molecule has 1 atom stereocenters. The standard InChI is InChI=1S/C15H13Br2N7O/c1-9(13-20-8-21-24(13)14-18-5-2-6-19-14)22-15(25)23-10-3-4-11(16)12(17)7-10/h2-9H,1H3,(H2,22,23,25)/t9-/m0/s1. The molecule has 0 aliphatic heterocycles. The molecule has 2 amide bonds. The monoisotopic (exact) mass is 465 g/mol. The summed E-state index contributed by atoms with van der Waals surface area (Å²) in [5.74, 6) is 0.916. The molecule has 0 saturated carbocycles. The maximum atomic E-state index is 12.2. The average Bonchev–Trinajstić information content (AvgIpc) is 3.09. The van der Waals surface area contributed by atoms with E-state index >= 15 is 0 Å². The minimum Gasteiger partial charge on any atom is -0.328 e. The first-order chi connectivity index (χ1) is 12.0. The van der Waals surface area contributed by atoms with Gasteiger partial charge in [0.25, 0.3) is 5.95 Å². The van der Waals surface area contributed by atoms with Gasteiger partial charge in [-0.05, 0) is 63.0 Å². The van der Waals surface area contributed by atoms with Gasteiger partial charge in [-0.1, -0.05) is 0 Å². The van der Waals surface area contributed by atoms with E-state index in [-0.39, 0.29) is 6.03 Å². The molecule has 0 aliphatic carbocycles. The van der Waals surface area contributed by atoms with E-state index in [9.17, 15) is 4.79 Å². The maximum absolute atomic E-state index is 12.2. The van der Waals surface area contributed by atoms with Crippen molar-refractivity contribution in [2.24, 2.45) is 0 Å². The number of urea groups is 1. The van der Waals surface area contributed by atoms with Crippen molar-refractivity contribution in [1.29, 1.82) is 0 Å². The van der Waals surface area contributed by atoms with Gasteiger partial charge in [-0.2, -0.15) is 9.78 Å². The van der Waals surface area contributed by atoms with Crippen LogP contribution in [-0.4, -0.2) is 30.8 Å². The van der Waals surface area contributed by atoms with Crippen LogP contribution in [0.1, 0.15) is 18.8 Å². The summed E-state index contributed by atoms with van der Waals surface area (Å²) in [6, 6.07) is 6.39. The molecule has 2 N–H and O–H groups in total. The van der Waals surface area contributed by atoms with Crippen molar-refractivity contribution in [1.82, 2.24) is 30.0 Å². The molecule has 3 rings (SSSR count). The summed E-state index contributed by atoms with van der Waals surface area (Å²) >= 11 is 6.79.